The van der Waals surface area contributed by atoms with E-state index in [1.54, 1.807) is 7.11 Å². The van der Waals surface area contributed by atoms with Crippen LogP contribution in [0.5, 0.6) is 5.75 Å². The van der Waals surface area contributed by atoms with Crippen molar-refractivity contribution < 1.29 is 9.53 Å². The molecule has 0 N–H and O–H groups in total. The summed E-state index contributed by atoms with van der Waals surface area (Å²) >= 11 is 0. The number of likely N-dealkylation sites (tertiary alicyclic amines) is 1. The number of aryl methyl sites for hydroxylation is 1. The predicted molar refractivity (Wildman–Crippen MR) is 71.8 cm³/mol. The molecule has 1 aliphatic rings. The number of nitrogens with zero attached hydrogens (tertiary/aromatic N) is 1. The van der Waals surface area contributed by atoms with Crippen LogP contribution >= 0.6 is 0 Å². The van der Waals surface area contributed by atoms with E-state index in [1.807, 2.05) is 26.8 Å². The Hall–Kier alpha value is -1.35. The molecule has 3 nitrogen and oxygen atoms in total. The van der Waals surface area contributed by atoms with Gasteiger partial charge < -0.3 is 4.74 Å². The largest absolute Gasteiger partial charge is 0.496 e. The number of ether oxygens (including phenoxy) is 1. The lowest BCUT2D eigenvalue weighted by molar-refractivity contribution is -0.123. The van der Waals surface area contributed by atoms with Gasteiger partial charge in [0.15, 0.2) is 5.78 Å². The SMILES string of the molecule is COc1ccc(CN2CCC(=O)C2(C)C)cc1C. The first-order valence-electron chi connectivity index (χ1n) is 6.37. The second-order valence-electron chi connectivity index (χ2n) is 5.46. The third-order valence-electron chi connectivity index (χ3n) is 3.91. The van der Waals surface area contributed by atoms with Crippen LogP contribution in [-0.4, -0.2) is 29.9 Å². The molecular formula is C15H21NO2. The summed E-state index contributed by atoms with van der Waals surface area (Å²) in [5, 5.41) is 0. The van der Waals surface area contributed by atoms with Crippen molar-refractivity contribution in [2.75, 3.05) is 13.7 Å². The van der Waals surface area contributed by atoms with Crippen LogP contribution in [0.15, 0.2) is 18.2 Å². The summed E-state index contributed by atoms with van der Waals surface area (Å²) < 4.78 is 5.26. The minimum absolute atomic E-state index is 0.326. The zero-order chi connectivity index (χ0) is 13.3. The summed E-state index contributed by atoms with van der Waals surface area (Å²) in [4.78, 5) is 14.0. The second kappa shape index (κ2) is 4.73. The highest BCUT2D eigenvalue weighted by molar-refractivity contribution is 5.89. The Morgan fingerprint density at radius 2 is 2.11 bits per heavy atom. The van der Waals surface area contributed by atoms with E-state index in [-0.39, 0.29) is 5.54 Å². The molecule has 3 heteroatoms. The van der Waals surface area contributed by atoms with Gasteiger partial charge in [0.1, 0.15) is 5.75 Å². The van der Waals surface area contributed by atoms with Crippen molar-refractivity contribution in [3.05, 3.63) is 29.3 Å². The zero-order valence-corrected chi connectivity index (χ0v) is 11.6. The summed E-state index contributed by atoms with van der Waals surface area (Å²) in [6.45, 7) is 7.75. The number of rotatable bonds is 3. The summed E-state index contributed by atoms with van der Waals surface area (Å²) in [6.07, 6.45) is 0.669. The molecule has 1 aromatic carbocycles. The first-order chi connectivity index (χ1) is 8.45. The number of ketones is 1. The van der Waals surface area contributed by atoms with Crippen molar-refractivity contribution in [2.45, 2.75) is 39.3 Å². The molecule has 0 aliphatic carbocycles. The maximum Gasteiger partial charge on any atom is 0.153 e. The van der Waals surface area contributed by atoms with Gasteiger partial charge in [0.05, 0.1) is 12.6 Å². The van der Waals surface area contributed by atoms with Crippen LogP contribution in [0.3, 0.4) is 0 Å². The van der Waals surface area contributed by atoms with Gasteiger partial charge in [0, 0.05) is 19.5 Å². The molecule has 1 saturated heterocycles. The topological polar surface area (TPSA) is 29.5 Å². The highest BCUT2D eigenvalue weighted by Gasteiger charge is 2.39. The molecule has 0 atom stereocenters. The molecule has 1 heterocycles. The number of hydrogen-bond acceptors (Lipinski definition) is 3. The van der Waals surface area contributed by atoms with Gasteiger partial charge in [-0.15, -0.1) is 0 Å². The molecular weight excluding hydrogens is 226 g/mol. The lowest BCUT2D eigenvalue weighted by atomic mass is 10.00. The quantitative estimate of drug-likeness (QED) is 0.822. The van der Waals surface area contributed by atoms with Gasteiger partial charge in [0.2, 0.25) is 0 Å². The number of benzene rings is 1. The van der Waals surface area contributed by atoms with Gasteiger partial charge in [-0.05, 0) is 38.0 Å². The summed E-state index contributed by atoms with van der Waals surface area (Å²) in [6, 6.07) is 6.21. The Bertz CT molecular complexity index is 466. The van der Waals surface area contributed by atoms with Crippen LogP contribution in [0.1, 0.15) is 31.4 Å². The van der Waals surface area contributed by atoms with E-state index in [4.69, 9.17) is 4.74 Å². The predicted octanol–water partition coefficient (Wildman–Crippen LogP) is 2.56. The average Bonchev–Trinajstić information content (AvgIpc) is 2.56. The highest BCUT2D eigenvalue weighted by atomic mass is 16.5. The van der Waals surface area contributed by atoms with Crippen molar-refractivity contribution >= 4 is 5.78 Å². The molecule has 1 aromatic rings. The van der Waals surface area contributed by atoms with Gasteiger partial charge in [0.25, 0.3) is 0 Å². The Kier molecular flexibility index (Phi) is 3.44. The molecule has 2 rings (SSSR count). The molecule has 0 radical (unpaired) electrons. The number of hydrogen-bond donors (Lipinski definition) is 0. The zero-order valence-electron chi connectivity index (χ0n) is 11.6. The summed E-state index contributed by atoms with van der Waals surface area (Å²) in [5.41, 5.74) is 2.04. The van der Waals surface area contributed by atoms with Crippen LogP contribution in [0, 0.1) is 6.92 Å². The molecule has 0 unspecified atom stereocenters. The molecule has 0 bridgehead atoms. The van der Waals surface area contributed by atoms with Crippen molar-refractivity contribution in [2.24, 2.45) is 0 Å². The number of methoxy groups -OCH3 is 1. The van der Waals surface area contributed by atoms with Gasteiger partial charge in [-0.3, -0.25) is 9.69 Å². The van der Waals surface area contributed by atoms with Crippen molar-refractivity contribution in [3.8, 4) is 5.75 Å². The van der Waals surface area contributed by atoms with E-state index in [1.165, 1.54) is 5.56 Å². The maximum absolute atomic E-state index is 11.8. The van der Waals surface area contributed by atoms with Crippen LogP contribution in [0.4, 0.5) is 0 Å². The van der Waals surface area contributed by atoms with E-state index in [0.717, 1.165) is 24.4 Å². The first-order valence-corrected chi connectivity index (χ1v) is 6.37. The molecule has 0 amide bonds. The second-order valence-corrected chi connectivity index (χ2v) is 5.46. The van der Waals surface area contributed by atoms with Crippen LogP contribution in [0.25, 0.3) is 0 Å². The lowest BCUT2D eigenvalue weighted by Crippen LogP contribution is -2.42. The van der Waals surface area contributed by atoms with Crippen molar-refractivity contribution in [3.63, 3.8) is 0 Å². The fourth-order valence-electron chi connectivity index (χ4n) is 2.53. The fraction of sp³-hybridized carbons (Fsp3) is 0.533. The van der Waals surface area contributed by atoms with Crippen LogP contribution < -0.4 is 4.74 Å². The van der Waals surface area contributed by atoms with Gasteiger partial charge in [-0.2, -0.15) is 0 Å². The normalized spacial score (nSPS) is 19.2. The molecule has 0 saturated carbocycles. The number of Topliss-reactive ketones (excluding diaryl/α,β-unsaturated/α-hetero) is 1. The van der Waals surface area contributed by atoms with Gasteiger partial charge in [-0.25, -0.2) is 0 Å². The van der Waals surface area contributed by atoms with E-state index in [0.29, 0.717) is 12.2 Å². The maximum atomic E-state index is 11.8. The van der Waals surface area contributed by atoms with Crippen molar-refractivity contribution in [1.82, 2.24) is 4.90 Å². The Morgan fingerprint density at radius 1 is 1.39 bits per heavy atom. The summed E-state index contributed by atoms with van der Waals surface area (Å²) in [7, 11) is 1.68. The fourth-order valence-corrected chi connectivity index (χ4v) is 2.53. The standard InChI is InChI=1S/C15H21NO2/c1-11-9-12(5-6-13(11)18-4)10-16-8-7-14(17)15(16,2)3/h5-6,9H,7-8,10H2,1-4H3. The van der Waals surface area contributed by atoms with E-state index < -0.39 is 0 Å². The number of carbonyl (C=O) groups excluding carboxylic acids is 1. The van der Waals surface area contributed by atoms with Gasteiger partial charge in [-0.1, -0.05) is 12.1 Å². The minimum atomic E-state index is -0.326. The molecule has 1 aliphatic heterocycles. The first kappa shape index (κ1) is 13.1. The number of carbonyl (C=O) groups is 1. The molecule has 1 fully saturated rings. The third kappa shape index (κ3) is 2.27. The average molecular weight is 247 g/mol. The molecule has 98 valence electrons. The lowest BCUT2D eigenvalue weighted by Gasteiger charge is -2.30. The van der Waals surface area contributed by atoms with Crippen LogP contribution in [0.2, 0.25) is 0 Å². The Morgan fingerprint density at radius 3 is 2.61 bits per heavy atom. The minimum Gasteiger partial charge on any atom is -0.496 e. The van der Waals surface area contributed by atoms with Crippen LogP contribution in [-0.2, 0) is 11.3 Å². The van der Waals surface area contributed by atoms with Crippen molar-refractivity contribution in [1.29, 1.82) is 0 Å². The van der Waals surface area contributed by atoms with E-state index in [2.05, 4.69) is 17.0 Å². The highest BCUT2D eigenvalue weighted by Crippen LogP contribution is 2.28. The molecule has 0 spiro atoms. The van der Waals surface area contributed by atoms with E-state index >= 15 is 0 Å². The van der Waals surface area contributed by atoms with Gasteiger partial charge >= 0.3 is 0 Å². The Balaban J connectivity index is 2.15. The third-order valence-corrected chi connectivity index (χ3v) is 3.91. The van der Waals surface area contributed by atoms with E-state index in [9.17, 15) is 4.79 Å². The smallest absolute Gasteiger partial charge is 0.153 e. The molecule has 0 aromatic heterocycles. The monoisotopic (exact) mass is 247 g/mol. The summed E-state index contributed by atoms with van der Waals surface area (Å²) in [5.74, 6) is 1.25. The Labute approximate surface area is 109 Å². The molecule has 18 heavy (non-hydrogen) atoms.